The van der Waals surface area contributed by atoms with Gasteiger partial charge in [-0.2, -0.15) is 16.8 Å². The molecule has 0 bridgehead atoms. The maximum atomic E-state index is 10.6. The second-order valence-corrected chi connectivity index (χ2v) is 9.26. The molecule has 0 aliphatic rings. The van der Waals surface area contributed by atoms with Crippen molar-refractivity contribution in [1.82, 2.24) is 0 Å². The third kappa shape index (κ3) is 8.67. The van der Waals surface area contributed by atoms with Crippen LogP contribution in [-0.2, 0) is 20.2 Å². The van der Waals surface area contributed by atoms with Gasteiger partial charge in [0.25, 0.3) is 20.2 Å². The van der Waals surface area contributed by atoms with Crippen LogP contribution >= 0.6 is 0 Å². The molecule has 0 aliphatic carbocycles. The molecular weight excluding hydrogens is 454 g/mol. The van der Waals surface area contributed by atoms with Crippen LogP contribution in [0.5, 0.6) is 5.75 Å². The molecule has 0 heterocycles. The van der Waals surface area contributed by atoms with Crippen LogP contribution in [0.3, 0.4) is 0 Å². The summed E-state index contributed by atoms with van der Waals surface area (Å²) in [5.41, 5.74) is 18.1. The maximum Gasteiger partial charge on any atom is 0.337 e. The predicted molar refractivity (Wildman–Crippen MR) is 114 cm³/mol. The lowest BCUT2D eigenvalue weighted by atomic mass is 10.1. The van der Waals surface area contributed by atoms with Crippen molar-refractivity contribution < 1.29 is 40.6 Å². The Balaban J connectivity index is 0.000000316. The van der Waals surface area contributed by atoms with E-state index in [2.05, 4.69) is 0 Å². The third-order valence-electron chi connectivity index (χ3n) is 3.76. The number of ether oxygens (including phenoxy) is 1. The van der Waals surface area contributed by atoms with E-state index in [1.165, 1.54) is 0 Å². The first kappa shape index (κ1) is 26.0. The molecule has 12 nitrogen and oxygen atoms in total. The summed E-state index contributed by atoms with van der Waals surface area (Å²) in [6, 6.07) is 6.21. The zero-order chi connectivity index (χ0) is 24.0. The molecule has 14 heteroatoms. The molecular formula is C17H23N3O9S2. The number of hydrogen-bond donors (Lipinski definition) is 6. The first-order valence-electron chi connectivity index (χ1n) is 8.45. The molecule has 0 unspecified atom stereocenters. The van der Waals surface area contributed by atoms with Gasteiger partial charge in [0.2, 0.25) is 0 Å². The van der Waals surface area contributed by atoms with Gasteiger partial charge < -0.3 is 27.0 Å². The molecule has 172 valence electrons. The molecule has 2 aromatic rings. The van der Waals surface area contributed by atoms with E-state index < -0.39 is 31.1 Å². The Morgan fingerprint density at radius 1 is 0.968 bits per heavy atom. The second kappa shape index (κ2) is 10.3. The van der Waals surface area contributed by atoms with E-state index in [0.29, 0.717) is 17.1 Å². The summed E-state index contributed by atoms with van der Waals surface area (Å²) >= 11 is 0. The molecule has 0 amide bonds. The number of rotatable bonds is 7. The van der Waals surface area contributed by atoms with Crippen molar-refractivity contribution in [3.05, 3.63) is 41.5 Å². The number of carboxylic acid groups (broad SMARTS) is 1. The van der Waals surface area contributed by atoms with Gasteiger partial charge in [-0.05, 0) is 43.2 Å². The second-order valence-electron chi connectivity index (χ2n) is 6.26. The van der Waals surface area contributed by atoms with Crippen molar-refractivity contribution in [3.8, 4) is 5.75 Å². The Morgan fingerprint density at radius 2 is 1.58 bits per heavy atom. The van der Waals surface area contributed by atoms with Gasteiger partial charge in [0, 0.05) is 17.4 Å². The van der Waals surface area contributed by atoms with E-state index >= 15 is 0 Å². The van der Waals surface area contributed by atoms with Crippen LogP contribution in [0.15, 0.2) is 35.2 Å². The first-order valence-corrected chi connectivity index (χ1v) is 11.5. The Kier molecular flexibility index (Phi) is 8.63. The highest BCUT2D eigenvalue weighted by Gasteiger charge is 2.15. The van der Waals surface area contributed by atoms with Gasteiger partial charge in [-0.1, -0.05) is 0 Å². The smallest absolute Gasteiger partial charge is 0.337 e. The molecule has 0 fully saturated rings. The van der Waals surface area contributed by atoms with E-state index in [1.54, 1.807) is 12.1 Å². The van der Waals surface area contributed by atoms with E-state index in [-0.39, 0.29) is 30.0 Å². The topological polar surface area (TPSA) is 233 Å². The zero-order valence-corrected chi connectivity index (χ0v) is 18.0. The first-order chi connectivity index (χ1) is 14.1. The molecule has 2 aromatic carbocycles. The summed E-state index contributed by atoms with van der Waals surface area (Å²) in [5, 5.41) is 8.60. The van der Waals surface area contributed by atoms with Gasteiger partial charge in [0.05, 0.1) is 28.5 Å². The monoisotopic (exact) mass is 477 g/mol. The van der Waals surface area contributed by atoms with E-state index in [4.69, 9.17) is 36.1 Å². The fourth-order valence-corrected chi connectivity index (χ4v) is 3.15. The number of carboxylic acids is 1. The van der Waals surface area contributed by atoms with Crippen molar-refractivity contribution >= 4 is 43.3 Å². The van der Waals surface area contributed by atoms with Gasteiger partial charge in [-0.3, -0.25) is 9.11 Å². The van der Waals surface area contributed by atoms with Gasteiger partial charge >= 0.3 is 5.97 Å². The highest BCUT2D eigenvalue weighted by atomic mass is 32.2. The van der Waals surface area contributed by atoms with E-state index in [0.717, 1.165) is 23.8 Å². The third-order valence-corrected chi connectivity index (χ3v) is 5.41. The average molecular weight is 478 g/mol. The fourth-order valence-electron chi connectivity index (χ4n) is 2.16. The van der Waals surface area contributed by atoms with Crippen molar-refractivity contribution in [2.75, 3.05) is 29.6 Å². The van der Waals surface area contributed by atoms with Gasteiger partial charge in [-0.25, -0.2) is 4.79 Å². The molecule has 9 N–H and O–H groups in total. The number of aromatic carboxylic acids is 1. The Morgan fingerprint density at radius 3 is 2.10 bits per heavy atom. The number of anilines is 3. The van der Waals surface area contributed by atoms with Crippen LogP contribution in [-0.4, -0.2) is 49.4 Å². The summed E-state index contributed by atoms with van der Waals surface area (Å²) < 4.78 is 64.6. The number of nitrogens with two attached hydrogens (primary N) is 3. The molecule has 2 rings (SSSR count). The van der Waals surface area contributed by atoms with Gasteiger partial charge in [0.15, 0.2) is 0 Å². The van der Waals surface area contributed by atoms with Crippen LogP contribution in [0.1, 0.15) is 22.3 Å². The lowest BCUT2D eigenvalue weighted by Crippen LogP contribution is -2.09. The summed E-state index contributed by atoms with van der Waals surface area (Å²) in [6.45, 7) is 1.97. The standard InChI is InChI=1S/C10H16N2O4S.C7H7NO5S/c1-7-5-9(12)10(6-8(7)11)16-3-2-4-17(13,14)15;8-6-2-1-4(14(11,12)13)3-5(6)7(9)10/h5-6H,2-4,11-12H2,1H3,(H,13,14,15);1-3H,8H2,(H,9,10)(H,11,12,13). The maximum absolute atomic E-state index is 10.6. The molecule has 31 heavy (non-hydrogen) atoms. The van der Waals surface area contributed by atoms with Crippen LogP contribution in [0.2, 0.25) is 0 Å². The quantitative estimate of drug-likeness (QED) is 0.186. The lowest BCUT2D eigenvalue weighted by Gasteiger charge is -2.10. The Hall–Kier alpha value is -3.07. The molecule has 0 aliphatic heterocycles. The number of carbonyl (C=O) groups is 1. The number of aryl methyl sites for hydroxylation is 1. The summed E-state index contributed by atoms with van der Waals surface area (Å²) in [7, 11) is -8.33. The Bertz CT molecular complexity index is 1160. The molecule has 0 spiro atoms. The van der Waals surface area contributed by atoms with Crippen LogP contribution in [0, 0.1) is 6.92 Å². The number of benzene rings is 2. The summed E-state index contributed by atoms with van der Waals surface area (Å²) in [5.74, 6) is -1.27. The highest BCUT2D eigenvalue weighted by Crippen LogP contribution is 2.27. The zero-order valence-electron chi connectivity index (χ0n) is 16.3. The largest absolute Gasteiger partial charge is 0.491 e. The molecule has 0 aromatic heterocycles. The summed E-state index contributed by atoms with van der Waals surface area (Å²) in [4.78, 5) is 10.0. The van der Waals surface area contributed by atoms with Crippen LogP contribution in [0.4, 0.5) is 17.1 Å². The molecule has 0 radical (unpaired) electrons. The summed E-state index contributed by atoms with van der Waals surface area (Å²) in [6.07, 6.45) is 0.187. The van der Waals surface area contributed by atoms with Crippen LogP contribution < -0.4 is 21.9 Å². The van der Waals surface area contributed by atoms with Crippen molar-refractivity contribution in [1.29, 1.82) is 0 Å². The predicted octanol–water partition coefficient (Wildman–Crippen LogP) is 1.03. The Labute approximate surface area is 179 Å². The minimum atomic E-state index is -4.39. The molecule has 0 saturated heterocycles. The van der Waals surface area contributed by atoms with Crippen LogP contribution in [0.25, 0.3) is 0 Å². The van der Waals surface area contributed by atoms with Crippen molar-refractivity contribution in [2.45, 2.75) is 18.2 Å². The van der Waals surface area contributed by atoms with E-state index in [1.807, 2.05) is 6.92 Å². The SMILES string of the molecule is Cc1cc(N)c(OCCCS(=O)(=O)O)cc1N.Nc1ccc(S(=O)(=O)O)cc1C(=O)O. The van der Waals surface area contributed by atoms with Gasteiger partial charge in [-0.15, -0.1) is 0 Å². The molecule has 0 atom stereocenters. The number of nitrogen functional groups attached to an aromatic ring is 3. The minimum absolute atomic E-state index is 0.0649. The minimum Gasteiger partial charge on any atom is -0.491 e. The average Bonchev–Trinajstić information content (AvgIpc) is 2.61. The van der Waals surface area contributed by atoms with E-state index in [9.17, 15) is 21.6 Å². The normalized spacial score (nSPS) is 11.3. The number of hydrogen-bond acceptors (Lipinski definition) is 9. The van der Waals surface area contributed by atoms with Crippen molar-refractivity contribution in [3.63, 3.8) is 0 Å². The molecule has 0 saturated carbocycles. The fraction of sp³-hybridized carbons (Fsp3) is 0.235. The van der Waals surface area contributed by atoms with Crippen molar-refractivity contribution in [2.24, 2.45) is 0 Å². The van der Waals surface area contributed by atoms with Gasteiger partial charge in [0.1, 0.15) is 5.75 Å². The lowest BCUT2D eigenvalue weighted by molar-refractivity contribution is 0.0697. The highest BCUT2D eigenvalue weighted by molar-refractivity contribution is 7.86.